The average molecular weight is 275 g/mol. The lowest BCUT2D eigenvalue weighted by atomic mass is 10.1. The Hall–Kier alpha value is -0.860. The van der Waals surface area contributed by atoms with Gasteiger partial charge in [0, 0.05) is 19.8 Å². The topological polar surface area (TPSA) is 12.5 Å². The summed E-state index contributed by atoms with van der Waals surface area (Å²) in [6.45, 7) is 7.77. The Morgan fingerprint density at radius 2 is 1.65 bits per heavy atom. The highest BCUT2D eigenvalue weighted by molar-refractivity contribution is 5.21. The summed E-state index contributed by atoms with van der Waals surface area (Å²) in [7, 11) is 0. The maximum atomic E-state index is 5.74. The molecule has 1 aliphatic heterocycles. The van der Waals surface area contributed by atoms with Crippen LogP contribution in [0.2, 0.25) is 0 Å². The lowest BCUT2D eigenvalue weighted by molar-refractivity contribution is 0.115. The van der Waals surface area contributed by atoms with Crippen molar-refractivity contribution in [3.05, 3.63) is 35.4 Å². The minimum Gasteiger partial charge on any atom is -0.381 e. The monoisotopic (exact) mass is 275 g/mol. The van der Waals surface area contributed by atoms with Crippen molar-refractivity contribution in [2.24, 2.45) is 0 Å². The predicted octanol–water partition coefficient (Wildman–Crippen LogP) is 3.82. The van der Waals surface area contributed by atoms with E-state index < -0.39 is 0 Å². The predicted molar refractivity (Wildman–Crippen MR) is 85.2 cm³/mol. The third-order valence-corrected chi connectivity index (χ3v) is 4.09. The van der Waals surface area contributed by atoms with Gasteiger partial charge in [-0.2, -0.15) is 0 Å². The molecule has 0 spiro atoms. The van der Waals surface area contributed by atoms with Crippen molar-refractivity contribution in [2.75, 3.05) is 32.8 Å². The molecule has 2 heteroatoms. The molecule has 1 aromatic rings. The molecule has 112 valence electrons. The van der Waals surface area contributed by atoms with E-state index in [1.807, 2.05) is 0 Å². The van der Waals surface area contributed by atoms with Crippen LogP contribution in [-0.2, 0) is 11.2 Å². The summed E-state index contributed by atoms with van der Waals surface area (Å²) in [4.78, 5) is 2.58. The van der Waals surface area contributed by atoms with Gasteiger partial charge in [-0.3, -0.25) is 0 Å². The Morgan fingerprint density at radius 3 is 2.40 bits per heavy atom. The van der Waals surface area contributed by atoms with Crippen molar-refractivity contribution in [1.82, 2.24) is 4.90 Å². The second-order valence-electron chi connectivity index (χ2n) is 5.96. The third kappa shape index (κ3) is 6.06. The summed E-state index contributed by atoms with van der Waals surface area (Å²) in [6.07, 6.45) is 7.64. The first-order chi connectivity index (χ1) is 9.84. The van der Waals surface area contributed by atoms with Gasteiger partial charge in [0.1, 0.15) is 0 Å². The molecule has 1 fully saturated rings. The van der Waals surface area contributed by atoms with Crippen molar-refractivity contribution in [3.8, 4) is 0 Å². The molecule has 0 saturated carbocycles. The van der Waals surface area contributed by atoms with Crippen LogP contribution in [0.5, 0.6) is 0 Å². The van der Waals surface area contributed by atoms with Gasteiger partial charge < -0.3 is 9.64 Å². The lowest BCUT2D eigenvalue weighted by Crippen LogP contribution is -2.31. The molecule has 0 atom stereocenters. The van der Waals surface area contributed by atoms with Gasteiger partial charge in [0.15, 0.2) is 0 Å². The molecule has 0 unspecified atom stereocenters. The number of hydrogen-bond donors (Lipinski definition) is 0. The Kier molecular flexibility index (Phi) is 7.10. The van der Waals surface area contributed by atoms with Crippen LogP contribution in [0.3, 0.4) is 0 Å². The highest BCUT2D eigenvalue weighted by Gasteiger charge is 2.08. The fourth-order valence-electron chi connectivity index (χ4n) is 2.81. The number of piperidine rings is 1. The minimum absolute atomic E-state index is 0.897. The van der Waals surface area contributed by atoms with Gasteiger partial charge in [-0.15, -0.1) is 0 Å². The van der Waals surface area contributed by atoms with Crippen LogP contribution in [0.1, 0.15) is 43.2 Å². The molecule has 1 aliphatic rings. The van der Waals surface area contributed by atoms with Crippen molar-refractivity contribution in [2.45, 2.75) is 45.4 Å². The number of rotatable bonds is 8. The Labute approximate surface area is 124 Å². The third-order valence-electron chi connectivity index (χ3n) is 4.09. The standard InChI is InChI=1S/C18H29NO/c1-17-8-10-18(11-9-17)7-5-15-20-16-6-14-19-12-3-2-4-13-19/h8-11H,2-7,12-16H2,1H3. The minimum atomic E-state index is 0.897. The van der Waals surface area contributed by atoms with Gasteiger partial charge in [0.25, 0.3) is 0 Å². The van der Waals surface area contributed by atoms with Crippen molar-refractivity contribution in [1.29, 1.82) is 0 Å². The molecule has 2 rings (SSSR count). The quantitative estimate of drug-likeness (QED) is 0.669. The maximum absolute atomic E-state index is 5.74. The summed E-state index contributed by atoms with van der Waals surface area (Å²) in [5.74, 6) is 0. The van der Waals surface area contributed by atoms with Crippen LogP contribution in [-0.4, -0.2) is 37.7 Å². The van der Waals surface area contributed by atoms with Crippen molar-refractivity contribution in [3.63, 3.8) is 0 Å². The first-order valence-electron chi connectivity index (χ1n) is 8.20. The second-order valence-corrected chi connectivity index (χ2v) is 5.96. The Balaban J connectivity index is 1.44. The van der Waals surface area contributed by atoms with E-state index in [1.54, 1.807) is 0 Å². The van der Waals surface area contributed by atoms with Crippen molar-refractivity contribution >= 4 is 0 Å². The molecule has 0 bridgehead atoms. The molecular formula is C18H29NO. The molecule has 0 amide bonds. The number of benzene rings is 1. The molecule has 1 heterocycles. The molecule has 0 N–H and O–H groups in total. The first kappa shape index (κ1) is 15.5. The van der Waals surface area contributed by atoms with Gasteiger partial charge in [-0.1, -0.05) is 36.2 Å². The average Bonchev–Trinajstić information content (AvgIpc) is 2.49. The summed E-state index contributed by atoms with van der Waals surface area (Å²) in [5, 5.41) is 0. The van der Waals surface area contributed by atoms with Crippen LogP contribution >= 0.6 is 0 Å². The highest BCUT2D eigenvalue weighted by Crippen LogP contribution is 2.09. The van der Waals surface area contributed by atoms with E-state index >= 15 is 0 Å². The highest BCUT2D eigenvalue weighted by atomic mass is 16.5. The van der Waals surface area contributed by atoms with Crippen LogP contribution in [0.4, 0.5) is 0 Å². The zero-order valence-electron chi connectivity index (χ0n) is 12.9. The zero-order chi connectivity index (χ0) is 14.0. The second kappa shape index (κ2) is 9.15. The summed E-state index contributed by atoms with van der Waals surface area (Å²) in [6, 6.07) is 8.83. The normalized spacial score (nSPS) is 16.4. The van der Waals surface area contributed by atoms with Crippen LogP contribution in [0.25, 0.3) is 0 Å². The molecule has 1 aromatic carbocycles. The SMILES string of the molecule is Cc1ccc(CCCOCCCN2CCCCC2)cc1. The van der Waals surface area contributed by atoms with E-state index in [2.05, 4.69) is 36.1 Å². The molecule has 0 aromatic heterocycles. The van der Waals surface area contributed by atoms with Crippen molar-refractivity contribution < 1.29 is 4.74 Å². The smallest absolute Gasteiger partial charge is 0.0478 e. The molecule has 0 aliphatic carbocycles. The summed E-state index contributed by atoms with van der Waals surface area (Å²) < 4.78 is 5.74. The Bertz CT molecular complexity index is 354. The van der Waals surface area contributed by atoms with Crippen LogP contribution in [0, 0.1) is 6.92 Å². The fourth-order valence-corrected chi connectivity index (χ4v) is 2.81. The van der Waals surface area contributed by atoms with Gasteiger partial charge >= 0.3 is 0 Å². The Morgan fingerprint density at radius 1 is 0.950 bits per heavy atom. The molecular weight excluding hydrogens is 246 g/mol. The van der Waals surface area contributed by atoms with Gasteiger partial charge in [0.05, 0.1) is 0 Å². The summed E-state index contributed by atoms with van der Waals surface area (Å²) >= 11 is 0. The fraction of sp³-hybridized carbons (Fsp3) is 0.667. The van der Waals surface area contributed by atoms with Gasteiger partial charge in [-0.25, -0.2) is 0 Å². The maximum Gasteiger partial charge on any atom is 0.0478 e. The molecule has 0 radical (unpaired) electrons. The summed E-state index contributed by atoms with van der Waals surface area (Å²) in [5.41, 5.74) is 2.76. The molecule has 20 heavy (non-hydrogen) atoms. The number of likely N-dealkylation sites (tertiary alicyclic amines) is 1. The van der Waals surface area contributed by atoms with E-state index in [-0.39, 0.29) is 0 Å². The number of ether oxygens (including phenoxy) is 1. The largest absolute Gasteiger partial charge is 0.381 e. The molecule has 1 saturated heterocycles. The van der Waals surface area contributed by atoms with Gasteiger partial charge in [-0.05, 0) is 57.7 Å². The van der Waals surface area contributed by atoms with E-state index in [1.165, 1.54) is 56.4 Å². The number of aryl methyl sites for hydroxylation is 2. The first-order valence-corrected chi connectivity index (χ1v) is 8.20. The van der Waals surface area contributed by atoms with Crippen LogP contribution in [0.15, 0.2) is 24.3 Å². The number of hydrogen-bond acceptors (Lipinski definition) is 2. The van der Waals surface area contributed by atoms with E-state index in [4.69, 9.17) is 4.74 Å². The molecule has 2 nitrogen and oxygen atoms in total. The van der Waals surface area contributed by atoms with Crippen LogP contribution < -0.4 is 0 Å². The van der Waals surface area contributed by atoms with E-state index in [0.717, 1.165) is 26.1 Å². The zero-order valence-corrected chi connectivity index (χ0v) is 12.9. The van der Waals surface area contributed by atoms with Gasteiger partial charge in [0.2, 0.25) is 0 Å². The number of nitrogens with zero attached hydrogens (tertiary/aromatic N) is 1. The lowest BCUT2D eigenvalue weighted by Gasteiger charge is -2.26. The van der Waals surface area contributed by atoms with E-state index in [0.29, 0.717) is 0 Å². The van der Waals surface area contributed by atoms with E-state index in [9.17, 15) is 0 Å².